The number of Topliss-reactive ketones (excluding diaryl/α,β-unsaturated/α-hetero) is 1. The molecule has 0 radical (unpaired) electrons. The Labute approximate surface area is 127 Å². The molecule has 0 heterocycles. The molecule has 2 rings (SSSR count). The Morgan fingerprint density at radius 1 is 1.32 bits per heavy atom. The van der Waals surface area contributed by atoms with Gasteiger partial charge in [-0.05, 0) is 17.5 Å². The third-order valence-corrected chi connectivity index (χ3v) is 3.36. The number of ketones is 1. The zero-order valence-electron chi connectivity index (χ0n) is 12.4. The lowest BCUT2D eigenvalue weighted by Gasteiger charge is -2.28. The maximum absolute atomic E-state index is 12.0. The predicted octanol–water partition coefficient (Wildman–Crippen LogP) is 3.19. The summed E-state index contributed by atoms with van der Waals surface area (Å²) >= 11 is 0. The molecule has 1 aromatic rings. The van der Waals surface area contributed by atoms with Gasteiger partial charge in [0.05, 0.1) is 22.4 Å². The minimum atomic E-state index is -0.488. The number of carbonyl (C=O) groups excluding carboxylic acids is 1. The van der Waals surface area contributed by atoms with Gasteiger partial charge in [-0.1, -0.05) is 13.8 Å². The van der Waals surface area contributed by atoms with Gasteiger partial charge in [0.1, 0.15) is 5.76 Å². The first-order valence-electron chi connectivity index (χ1n) is 6.77. The summed E-state index contributed by atoms with van der Waals surface area (Å²) in [4.78, 5) is 22.0. The summed E-state index contributed by atoms with van der Waals surface area (Å²) < 4.78 is 0. The highest BCUT2D eigenvalue weighted by Gasteiger charge is 2.32. The third kappa shape index (κ3) is 3.69. The van der Waals surface area contributed by atoms with Crippen LogP contribution in [-0.4, -0.2) is 22.0 Å². The van der Waals surface area contributed by atoms with Gasteiger partial charge in [0.15, 0.2) is 5.78 Å². The Kier molecular flexibility index (Phi) is 4.25. The molecule has 1 aromatic carbocycles. The van der Waals surface area contributed by atoms with Crippen molar-refractivity contribution in [3.05, 3.63) is 45.7 Å². The molecule has 0 aliphatic heterocycles. The Morgan fingerprint density at radius 3 is 2.50 bits per heavy atom. The minimum absolute atomic E-state index is 0.0143. The van der Waals surface area contributed by atoms with E-state index in [1.807, 2.05) is 13.8 Å². The normalized spacial score (nSPS) is 17.8. The Balaban J connectivity index is 2.06. The fourth-order valence-corrected chi connectivity index (χ4v) is 2.28. The van der Waals surface area contributed by atoms with Gasteiger partial charge < -0.3 is 5.11 Å². The first-order valence-corrected chi connectivity index (χ1v) is 6.77. The number of non-ortho nitro benzene ring substituents is 1. The largest absolute Gasteiger partial charge is 0.511 e. The number of hydrazone groups is 1. The van der Waals surface area contributed by atoms with Crippen LogP contribution in [0.2, 0.25) is 0 Å². The number of benzene rings is 1. The van der Waals surface area contributed by atoms with E-state index in [0.29, 0.717) is 18.5 Å². The Hall–Kier alpha value is -2.70. The second-order valence-corrected chi connectivity index (χ2v) is 5.98. The molecule has 0 atom stereocenters. The molecule has 0 aromatic heterocycles. The minimum Gasteiger partial charge on any atom is -0.511 e. The molecule has 0 spiro atoms. The lowest BCUT2D eigenvalue weighted by atomic mass is 9.77. The number of nitrogens with one attached hydrogen (secondary N) is 1. The highest BCUT2D eigenvalue weighted by Crippen LogP contribution is 2.35. The van der Waals surface area contributed by atoms with E-state index in [1.165, 1.54) is 30.5 Å². The molecule has 22 heavy (non-hydrogen) atoms. The zero-order valence-corrected chi connectivity index (χ0v) is 12.4. The molecular formula is C15H17N3O4. The SMILES string of the molecule is CC1(C)CC(=O)C(/C=N/Nc2ccc([N+](=O)[O-])cc2)=C(O)C1. The second-order valence-electron chi connectivity index (χ2n) is 5.98. The van der Waals surface area contributed by atoms with Gasteiger partial charge in [0.25, 0.3) is 5.69 Å². The van der Waals surface area contributed by atoms with Gasteiger partial charge in [-0.2, -0.15) is 5.10 Å². The third-order valence-electron chi connectivity index (χ3n) is 3.36. The fourth-order valence-electron chi connectivity index (χ4n) is 2.28. The molecule has 0 saturated carbocycles. The molecule has 0 bridgehead atoms. The number of aliphatic hydroxyl groups is 1. The molecule has 7 heteroatoms. The Morgan fingerprint density at radius 2 is 1.95 bits per heavy atom. The number of aliphatic hydroxyl groups excluding tert-OH is 1. The van der Waals surface area contributed by atoms with Crippen LogP contribution in [0.15, 0.2) is 40.7 Å². The Bertz CT molecular complexity index is 660. The summed E-state index contributed by atoms with van der Waals surface area (Å²) in [7, 11) is 0. The van der Waals surface area contributed by atoms with E-state index in [2.05, 4.69) is 10.5 Å². The van der Waals surface area contributed by atoms with E-state index in [9.17, 15) is 20.0 Å². The zero-order chi connectivity index (χ0) is 16.3. The summed E-state index contributed by atoms with van der Waals surface area (Å²) in [6.07, 6.45) is 2.07. The van der Waals surface area contributed by atoms with Crippen molar-refractivity contribution in [3.63, 3.8) is 0 Å². The van der Waals surface area contributed by atoms with Crippen LogP contribution in [-0.2, 0) is 4.79 Å². The first-order chi connectivity index (χ1) is 10.3. The highest BCUT2D eigenvalue weighted by atomic mass is 16.6. The maximum Gasteiger partial charge on any atom is 0.269 e. The monoisotopic (exact) mass is 303 g/mol. The molecule has 116 valence electrons. The van der Waals surface area contributed by atoms with Crippen molar-refractivity contribution in [2.24, 2.45) is 10.5 Å². The quantitative estimate of drug-likeness (QED) is 0.505. The van der Waals surface area contributed by atoms with Crippen LogP contribution in [0.4, 0.5) is 11.4 Å². The van der Waals surface area contributed by atoms with E-state index in [4.69, 9.17) is 0 Å². The molecule has 0 fully saturated rings. The molecule has 0 saturated heterocycles. The van der Waals surface area contributed by atoms with Crippen molar-refractivity contribution >= 4 is 23.4 Å². The standard InChI is InChI=1S/C15H17N3O4/c1-15(2)7-13(19)12(14(20)8-15)9-16-17-10-3-5-11(6-4-10)18(21)22/h3-6,9,17,19H,7-8H2,1-2H3/b16-9+. The molecular weight excluding hydrogens is 286 g/mol. The number of rotatable bonds is 4. The predicted molar refractivity (Wildman–Crippen MR) is 82.9 cm³/mol. The summed E-state index contributed by atoms with van der Waals surface area (Å²) in [5.41, 5.74) is 3.16. The second kappa shape index (κ2) is 5.97. The van der Waals surface area contributed by atoms with Gasteiger partial charge in [0.2, 0.25) is 0 Å². The lowest BCUT2D eigenvalue weighted by Crippen LogP contribution is -2.26. The average Bonchev–Trinajstić information content (AvgIpc) is 2.41. The molecule has 7 nitrogen and oxygen atoms in total. The van der Waals surface area contributed by atoms with E-state index < -0.39 is 4.92 Å². The van der Waals surface area contributed by atoms with Crippen LogP contribution in [0.1, 0.15) is 26.7 Å². The average molecular weight is 303 g/mol. The van der Waals surface area contributed by atoms with Gasteiger partial charge in [-0.3, -0.25) is 20.3 Å². The number of carbonyl (C=O) groups is 1. The van der Waals surface area contributed by atoms with E-state index in [1.54, 1.807) is 0 Å². The van der Waals surface area contributed by atoms with E-state index in [-0.39, 0.29) is 28.2 Å². The van der Waals surface area contributed by atoms with Gasteiger partial charge >= 0.3 is 0 Å². The number of nitro benzene ring substituents is 1. The first kappa shape index (κ1) is 15.7. The van der Waals surface area contributed by atoms with E-state index >= 15 is 0 Å². The van der Waals surface area contributed by atoms with Crippen LogP contribution in [0, 0.1) is 15.5 Å². The summed E-state index contributed by atoms with van der Waals surface area (Å²) in [5, 5.41) is 24.4. The van der Waals surface area contributed by atoms with Crippen molar-refractivity contribution in [1.82, 2.24) is 0 Å². The van der Waals surface area contributed by atoms with Crippen molar-refractivity contribution in [2.75, 3.05) is 5.43 Å². The molecule has 0 unspecified atom stereocenters. The van der Waals surface area contributed by atoms with Gasteiger partial charge in [0, 0.05) is 25.0 Å². The van der Waals surface area contributed by atoms with Crippen LogP contribution < -0.4 is 5.43 Å². The lowest BCUT2D eigenvalue weighted by molar-refractivity contribution is -0.384. The summed E-state index contributed by atoms with van der Waals surface area (Å²) in [6, 6.07) is 5.72. The summed E-state index contributed by atoms with van der Waals surface area (Å²) in [6.45, 7) is 3.84. The number of anilines is 1. The van der Waals surface area contributed by atoms with Crippen molar-refractivity contribution in [3.8, 4) is 0 Å². The van der Waals surface area contributed by atoms with Crippen LogP contribution >= 0.6 is 0 Å². The van der Waals surface area contributed by atoms with Crippen molar-refractivity contribution in [1.29, 1.82) is 0 Å². The highest BCUT2D eigenvalue weighted by molar-refractivity contribution is 6.14. The number of allylic oxidation sites excluding steroid dienone is 2. The van der Waals surface area contributed by atoms with Gasteiger partial charge in [-0.25, -0.2) is 0 Å². The number of hydrogen-bond acceptors (Lipinski definition) is 6. The molecule has 2 N–H and O–H groups in total. The van der Waals surface area contributed by atoms with Crippen LogP contribution in [0.5, 0.6) is 0 Å². The van der Waals surface area contributed by atoms with E-state index in [0.717, 1.165) is 0 Å². The number of hydrogen-bond donors (Lipinski definition) is 2. The number of nitro groups is 1. The summed E-state index contributed by atoms with van der Waals surface area (Å²) in [5.74, 6) is -0.113. The van der Waals surface area contributed by atoms with Gasteiger partial charge in [-0.15, -0.1) is 0 Å². The molecule has 1 aliphatic rings. The van der Waals surface area contributed by atoms with Crippen LogP contribution in [0.25, 0.3) is 0 Å². The van der Waals surface area contributed by atoms with Crippen molar-refractivity contribution in [2.45, 2.75) is 26.7 Å². The van der Waals surface area contributed by atoms with Crippen molar-refractivity contribution < 1.29 is 14.8 Å². The molecule has 0 amide bonds. The fraction of sp³-hybridized carbons (Fsp3) is 0.333. The molecule has 1 aliphatic carbocycles. The van der Waals surface area contributed by atoms with Crippen LogP contribution in [0.3, 0.4) is 0 Å². The maximum atomic E-state index is 12.0. The number of nitrogens with zero attached hydrogens (tertiary/aromatic N) is 2. The topological polar surface area (TPSA) is 105 Å². The smallest absolute Gasteiger partial charge is 0.269 e.